The summed E-state index contributed by atoms with van der Waals surface area (Å²) < 4.78 is 23.4. The molecule has 110 valence electrons. The van der Waals surface area contributed by atoms with E-state index in [1.165, 1.54) is 0 Å². The molecule has 0 aliphatic carbocycles. The fraction of sp³-hybridized carbons (Fsp3) is 0.615. The van der Waals surface area contributed by atoms with Gasteiger partial charge in [-0.1, -0.05) is 11.6 Å². The van der Waals surface area contributed by atoms with E-state index < -0.39 is 9.84 Å². The van der Waals surface area contributed by atoms with Crippen molar-refractivity contribution in [3.8, 4) is 0 Å². The van der Waals surface area contributed by atoms with Gasteiger partial charge in [0.1, 0.15) is 5.15 Å². The van der Waals surface area contributed by atoms with Gasteiger partial charge in [-0.3, -0.25) is 0 Å². The fourth-order valence-electron chi connectivity index (χ4n) is 3.26. The van der Waals surface area contributed by atoms with Crippen molar-refractivity contribution in [1.82, 2.24) is 4.98 Å². The normalized spacial score (nSPS) is 28.4. The Kier molecular flexibility index (Phi) is 3.43. The van der Waals surface area contributed by atoms with Gasteiger partial charge in [0.2, 0.25) is 0 Å². The molecular formula is C13H17ClN2O3S. The number of aromatic nitrogens is 1. The zero-order chi connectivity index (χ0) is 14.4. The zero-order valence-electron chi connectivity index (χ0n) is 11.0. The average Bonchev–Trinajstić information content (AvgIpc) is 2.93. The number of anilines is 1. The second-order valence-corrected chi connectivity index (χ2v) is 8.38. The maximum absolute atomic E-state index is 11.7. The predicted molar refractivity (Wildman–Crippen MR) is 77.7 cm³/mol. The molecule has 0 amide bonds. The number of halogens is 1. The number of rotatable bonds is 2. The number of hydrogen-bond donors (Lipinski definition) is 1. The molecule has 0 bridgehead atoms. The molecule has 5 nitrogen and oxygen atoms in total. The van der Waals surface area contributed by atoms with Gasteiger partial charge in [-0.2, -0.15) is 0 Å². The van der Waals surface area contributed by atoms with Crippen molar-refractivity contribution in [2.75, 3.05) is 29.5 Å². The quantitative estimate of drug-likeness (QED) is 0.831. The molecule has 2 aliphatic rings. The Bertz CT molecular complexity index is 635. The van der Waals surface area contributed by atoms with E-state index in [1.807, 2.05) is 6.07 Å². The maximum Gasteiger partial charge on any atom is 0.150 e. The van der Waals surface area contributed by atoms with Gasteiger partial charge < -0.3 is 10.0 Å². The lowest BCUT2D eigenvalue weighted by Crippen LogP contribution is -2.28. The molecule has 3 heterocycles. The third-order valence-electron chi connectivity index (χ3n) is 4.27. The molecule has 1 aromatic rings. The van der Waals surface area contributed by atoms with Crippen LogP contribution >= 0.6 is 11.6 Å². The third kappa shape index (κ3) is 2.64. The largest absolute Gasteiger partial charge is 0.390 e. The summed E-state index contributed by atoms with van der Waals surface area (Å²) in [5.41, 5.74) is 1.34. The van der Waals surface area contributed by atoms with E-state index in [4.69, 9.17) is 11.6 Å². The van der Waals surface area contributed by atoms with Crippen LogP contribution in [-0.2, 0) is 16.4 Å². The maximum atomic E-state index is 11.7. The Morgan fingerprint density at radius 1 is 1.40 bits per heavy atom. The molecule has 7 heteroatoms. The Labute approximate surface area is 123 Å². The molecule has 3 rings (SSSR count). The summed E-state index contributed by atoms with van der Waals surface area (Å²) in [5, 5.41) is 9.54. The second-order valence-electron chi connectivity index (χ2n) is 5.81. The molecule has 1 unspecified atom stereocenters. The third-order valence-corrected chi connectivity index (χ3v) is 6.34. The number of hydrogen-bond acceptors (Lipinski definition) is 5. The molecule has 2 saturated heterocycles. The van der Waals surface area contributed by atoms with Gasteiger partial charge in [0, 0.05) is 24.2 Å². The van der Waals surface area contributed by atoms with Crippen molar-refractivity contribution >= 4 is 27.1 Å². The van der Waals surface area contributed by atoms with Gasteiger partial charge >= 0.3 is 0 Å². The molecule has 2 fully saturated rings. The minimum Gasteiger partial charge on any atom is -0.390 e. The number of pyridine rings is 1. The summed E-state index contributed by atoms with van der Waals surface area (Å²) in [6.45, 7) is 1.40. The lowest BCUT2D eigenvalue weighted by Gasteiger charge is -2.24. The Morgan fingerprint density at radius 2 is 2.20 bits per heavy atom. The fourth-order valence-corrected chi connectivity index (χ4v) is 5.68. The Balaban J connectivity index is 1.82. The zero-order valence-corrected chi connectivity index (χ0v) is 12.6. The summed E-state index contributed by atoms with van der Waals surface area (Å²) >= 11 is 5.96. The summed E-state index contributed by atoms with van der Waals surface area (Å²) in [4.78, 5) is 6.18. The van der Waals surface area contributed by atoms with E-state index in [2.05, 4.69) is 9.88 Å². The molecule has 20 heavy (non-hydrogen) atoms. The highest BCUT2D eigenvalue weighted by molar-refractivity contribution is 7.91. The molecule has 2 aliphatic heterocycles. The monoisotopic (exact) mass is 316 g/mol. The van der Waals surface area contributed by atoms with Gasteiger partial charge in [0.25, 0.3) is 0 Å². The van der Waals surface area contributed by atoms with Gasteiger partial charge in [-0.15, -0.1) is 0 Å². The lowest BCUT2D eigenvalue weighted by molar-refractivity contribution is 0.277. The van der Waals surface area contributed by atoms with Gasteiger partial charge in [-0.25, -0.2) is 13.4 Å². The molecule has 0 radical (unpaired) electrons. The first kappa shape index (κ1) is 14.1. The minimum atomic E-state index is -2.87. The van der Waals surface area contributed by atoms with E-state index in [0.717, 1.165) is 31.6 Å². The summed E-state index contributed by atoms with van der Waals surface area (Å²) in [6, 6.07) is 3.58. The van der Waals surface area contributed by atoms with Gasteiger partial charge in [-0.05, 0) is 25.0 Å². The van der Waals surface area contributed by atoms with Crippen LogP contribution in [-0.4, -0.2) is 43.1 Å². The van der Waals surface area contributed by atoms with Crippen molar-refractivity contribution in [1.29, 1.82) is 0 Å². The molecule has 1 atom stereocenters. The minimum absolute atomic E-state index is 0.103. The van der Waals surface area contributed by atoms with E-state index >= 15 is 0 Å². The summed E-state index contributed by atoms with van der Waals surface area (Å²) in [5.74, 6) is 0.599. The average molecular weight is 317 g/mol. The number of sulfone groups is 1. The van der Waals surface area contributed by atoms with Crippen LogP contribution in [0.25, 0.3) is 0 Å². The van der Waals surface area contributed by atoms with Crippen LogP contribution in [0, 0.1) is 5.41 Å². The van der Waals surface area contributed by atoms with Crippen LogP contribution in [0.5, 0.6) is 0 Å². The molecule has 1 spiro atoms. The van der Waals surface area contributed by atoms with Crippen LogP contribution in [0.3, 0.4) is 0 Å². The van der Waals surface area contributed by atoms with Gasteiger partial charge in [0.05, 0.1) is 23.8 Å². The number of aliphatic hydroxyl groups is 1. The van der Waals surface area contributed by atoms with Crippen molar-refractivity contribution < 1.29 is 13.5 Å². The Morgan fingerprint density at radius 3 is 2.85 bits per heavy atom. The highest BCUT2D eigenvalue weighted by atomic mass is 35.5. The van der Waals surface area contributed by atoms with Crippen LogP contribution in [0.1, 0.15) is 18.5 Å². The van der Waals surface area contributed by atoms with Crippen molar-refractivity contribution in [2.24, 2.45) is 5.41 Å². The molecule has 1 aromatic heterocycles. The first-order valence-corrected chi connectivity index (χ1v) is 8.84. The summed E-state index contributed by atoms with van der Waals surface area (Å²) in [7, 11) is -2.87. The molecular weight excluding hydrogens is 300 g/mol. The first-order chi connectivity index (χ1) is 9.41. The molecule has 1 N–H and O–H groups in total. The van der Waals surface area contributed by atoms with Crippen molar-refractivity contribution in [2.45, 2.75) is 19.4 Å². The standard InChI is InChI=1S/C13H17ClN2O3S/c14-12-6-11(5-10(7-17)15-12)16-3-1-13(8-16)2-4-20(18,19)9-13/h5-6,17H,1-4,7-9H2. The van der Waals surface area contributed by atoms with Crippen molar-refractivity contribution in [3.63, 3.8) is 0 Å². The van der Waals surface area contributed by atoms with E-state index in [-0.39, 0.29) is 12.0 Å². The number of aliphatic hydroxyl groups excluding tert-OH is 1. The van der Waals surface area contributed by atoms with E-state index in [9.17, 15) is 13.5 Å². The second kappa shape index (κ2) is 4.86. The number of nitrogens with zero attached hydrogens (tertiary/aromatic N) is 2. The van der Waals surface area contributed by atoms with Crippen LogP contribution in [0.2, 0.25) is 5.15 Å². The van der Waals surface area contributed by atoms with Crippen molar-refractivity contribution in [3.05, 3.63) is 23.0 Å². The van der Waals surface area contributed by atoms with Gasteiger partial charge in [0.15, 0.2) is 9.84 Å². The molecule has 0 saturated carbocycles. The van der Waals surface area contributed by atoms with E-state index in [0.29, 0.717) is 22.4 Å². The lowest BCUT2D eigenvalue weighted by atomic mass is 9.87. The highest BCUT2D eigenvalue weighted by Gasteiger charge is 2.46. The van der Waals surface area contributed by atoms with Crippen LogP contribution < -0.4 is 4.90 Å². The van der Waals surface area contributed by atoms with E-state index in [1.54, 1.807) is 6.07 Å². The van der Waals surface area contributed by atoms with Crippen LogP contribution in [0.15, 0.2) is 12.1 Å². The van der Waals surface area contributed by atoms with Crippen LogP contribution in [0.4, 0.5) is 5.69 Å². The molecule has 0 aromatic carbocycles. The highest BCUT2D eigenvalue weighted by Crippen LogP contribution is 2.42. The predicted octanol–water partition coefficient (Wildman–Crippen LogP) is 1.24. The smallest absolute Gasteiger partial charge is 0.150 e. The first-order valence-electron chi connectivity index (χ1n) is 6.64. The summed E-state index contributed by atoms with van der Waals surface area (Å²) in [6.07, 6.45) is 1.64. The topological polar surface area (TPSA) is 70.5 Å². The SMILES string of the molecule is O=S1(=O)CCC2(CCN(c3cc(Cl)nc(CO)c3)C2)C1. The Hall–Kier alpha value is -0.850.